The lowest BCUT2D eigenvalue weighted by molar-refractivity contribution is -0.116. The van der Waals surface area contributed by atoms with Gasteiger partial charge in [0, 0.05) is 31.7 Å². The third-order valence-electron chi connectivity index (χ3n) is 3.35. The molecule has 0 aliphatic carbocycles. The number of nitrogens with zero attached hydrogens (tertiary/aromatic N) is 1. The van der Waals surface area contributed by atoms with E-state index in [1.807, 2.05) is 0 Å². The second kappa shape index (κ2) is 6.74. The number of benzene rings is 1. The number of sulfonamides is 1. The van der Waals surface area contributed by atoms with E-state index in [0.29, 0.717) is 12.2 Å². The summed E-state index contributed by atoms with van der Waals surface area (Å²) < 4.78 is 26.9. The van der Waals surface area contributed by atoms with Gasteiger partial charge < -0.3 is 10.6 Å². The van der Waals surface area contributed by atoms with Crippen molar-refractivity contribution in [3.8, 4) is 0 Å². The van der Waals surface area contributed by atoms with Crippen molar-refractivity contribution in [2.45, 2.75) is 31.2 Å². The average molecular weight is 334 g/mol. The number of hydrogen-bond acceptors (Lipinski definition) is 4. The van der Waals surface area contributed by atoms with Crippen LogP contribution in [0.5, 0.6) is 0 Å². The van der Waals surface area contributed by atoms with Crippen molar-refractivity contribution in [1.82, 2.24) is 4.72 Å². The minimum absolute atomic E-state index is 0. The Hall–Kier alpha value is -1.15. The van der Waals surface area contributed by atoms with Crippen molar-refractivity contribution in [3.05, 3.63) is 23.8 Å². The van der Waals surface area contributed by atoms with Crippen molar-refractivity contribution in [1.29, 1.82) is 0 Å². The number of hydrogen-bond donors (Lipinski definition) is 2. The Kier molecular flexibility index (Phi) is 5.75. The van der Waals surface area contributed by atoms with Gasteiger partial charge in [-0.25, -0.2) is 13.1 Å². The third-order valence-corrected chi connectivity index (χ3v) is 4.94. The van der Waals surface area contributed by atoms with E-state index in [1.165, 1.54) is 6.92 Å². The van der Waals surface area contributed by atoms with Crippen LogP contribution in [0, 0.1) is 0 Å². The van der Waals surface area contributed by atoms with Gasteiger partial charge in [0.25, 0.3) is 0 Å². The Balaban J connectivity index is 0.00000220. The summed E-state index contributed by atoms with van der Waals surface area (Å²) in [6.45, 7) is 4.00. The zero-order valence-corrected chi connectivity index (χ0v) is 13.6. The first-order valence-corrected chi connectivity index (χ1v) is 7.97. The number of fused-ring (bicyclic) bond motifs is 1. The molecule has 1 atom stereocenters. The molecule has 1 aromatic carbocycles. The molecule has 0 fully saturated rings. The number of nitrogens with two attached hydrogens (primary N) is 1. The molecule has 0 unspecified atom stereocenters. The molecule has 0 aromatic heterocycles. The number of carbonyl (C=O) groups is 1. The number of carbonyl (C=O) groups excluding carboxylic acids is 1. The van der Waals surface area contributed by atoms with E-state index in [4.69, 9.17) is 5.73 Å². The fraction of sp³-hybridized carbons (Fsp3) is 0.462. The maximum Gasteiger partial charge on any atom is 0.240 e. The molecule has 1 aromatic rings. The molecule has 6 nitrogen and oxygen atoms in total. The van der Waals surface area contributed by atoms with Gasteiger partial charge in [-0.05, 0) is 31.0 Å². The number of nitrogens with one attached hydrogen (secondary N) is 1. The highest BCUT2D eigenvalue weighted by Crippen LogP contribution is 2.30. The van der Waals surface area contributed by atoms with Crippen molar-refractivity contribution in [2.24, 2.45) is 5.73 Å². The molecule has 0 saturated carbocycles. The molecule has 21 heavy (non-hydrogen) atoms. The van der Waals surface area contributed by atoms with E-state index in [0.717, 1.165) is 12.0 Å². The highest BCUT2D eigenvalue weighted by molar-refractivity contribution is 7.89. The van der Waals surface area contributed by atoms with Crippen LogP contribution in [0.25, 0.3) is 0 Å². The number of amides is 1. The van der Waals surface area contributed by atoms with Crippen molar-refractivity contribution in [2.75, 3.05) is 18.0 Å². The molecule has 0 radical (unpaired) electrons. The highest BCUT2D eigenvalue weighted by Gasteiger charge is 2.25. The molecule has 118 valence electrons. The quantitative estimate of drug-likeness (QED) is 0.845. The largest absolute Gasteiger partial charge is 0.329 e. The fourth-order valence-electron chi connectivity index (χ4n) is 2.23. The van der Waals surface area contributed by atoms with E-state index in [-0.39, 0.29) is 35.8 Å². The zero-order chi connectivity index (χ0) is 14.9. The van der Waals surface area contributed by atoms with Gasteiger partial charge in [0.1, 0.15) is 0 Å². The van der Waals surface area contributed by atoms with Crippen LogP contribution >= 0.6 is 12.4 Å². The van der Waals surface area contributed by atoms with E-state index < -0.39 is 10.0 Å². The van der Waals surface area contributed by atoms with Crippen LogP contribution in [-0.2, 0) is 21.2 Å². The van der Waals surface area contributed by atoms with Gasteiger partial charge in [0.15, 0.2) is 0 Å². The van der Waals surface area contributed by atoms with Crippen LogP contribution in [0.3, 0.4) is 0 Å². The van der Waals surface area contributed by atoms with Gasteiger partial charge >= 0.3 is 0 Å². The lowest BCUT2D eigenvalue weighted by Gasteiger charge is -2.17. The smallest absolute Gasteiger partial charge is 0.240 e. The van der Waals surface area contributed by atoms with Gasteiger partial charge in [-0.2, -0.15) is 0 Å². The summed E-state index contributed by atoms with van der Waals surface area (Å²) in [4.78, 5) is 13.3. The predicted octanol–water partition coefficient (Wildman–Crippen LogP) is 0.643. The number of rotatable bonds is 4. The highest BCUT2D eigenvalue weighted by atomic mass is 35.5. The summed E-state index contributed by atoms with van der Waals surface area (Å²) in [7, 11) is -3.61. The first-order chi connectivity index (χ1) is 9.35. The maximum absolute atomic E-state index is 12.2. The summed E-state index contributed by atoms with van der Waals surface area (Å²) in [5.74, 6) is -0.0819. The summed E-state index contributed by atoms with van der Waals surface area (Å²) in [5.41, 5.74) is 7.10. The molecule has 1 aliphatic heterocycles. The first kappa shape index (κ1) is 17.9. The molecule has 2 rings (SSSR count). The minimum Gasteiger partial charge on any atom is -0.329 e. The molecule has 1 aliphatic rings. The van der Waals surface area contributed by atoms with Crippen LogP contribution in [0.2, 0.25) is 0 Å². The van der Waals surface area contributed by atoms with Crippen LogP contribution in [0.4, 0.5) is 5.69 Å². The molecule has 8 heteroatoms. The fourth-order valence-corrected chi connectivity index (χ4v) is 3.51. The van der Waals surface area contributed by atoms with Crippen molar-refractivity contribution < 1.29 is 13.2 Å². The molecular weight excluding hydrogens is 314 g/mol. The monoisotopic (exact) mass is 333 g/mol. The normalized spacial score (nSPS) is 15.3. The third kappa shape index (κ3) is 3.74. The van der Waals surface area contributed by atoms with Gasteiger partial charge in [-0.3, -0.25) is 4.79 Å². The molecule has 1 heterocycles. The Morgan fingerprint density at radius 2 is 2.14 bits per heavy atom. The predicted molar refractivity (Wildman–Crippen MR) is 84.3 cm³/mol. The van der Waals surface area contributed by atoms with E-state index in [9.17, 15) is 13.2 Å². The molecule has 3 N–H and O–H groups in total. The van der Waals surface area contributed by atoms with E-state index in [2.05, 4.69) is 4.72 Å². The molecule has 0 saturated heterocycles. The van der Waals surface area contributed by atoms with Crippen molar-refractivity contribution in [3.63, 3.8) is 0 Å². The lowest BCUT2D eigenvalue weighted by atomic mass is 10.2. The van der Waals surface area contributed by atoms with Crippen LogP contribution < -0.4 is 15.4 Å². The summed E-state index contributed by atoms with van der Waals surface area (Å²) in [5, 5.41) is 0. The molecule has 1 amide bonds. The average Bonchev–Trinajstić information content (AvgIpc) is 2.80. The summed E-state index contributed by atoms with van der Waals surface area (Å²) in [6.07, 6.45) is 0.752. The van der Waals surface area contributed by atoms with E-state index in [1.54, 1.807) is 30.0 Å². The lowest BCUT2D eigenvalue weighted by Crippen LogP contribution is -2.37. The van der Waals surface area contributed by atoms with Crippen LogP contribution in [-0.4, -0.2) is 33.5 Å². The topological polar surface area (TPSA) is 92.5 Å². The second-order valence-corrected chi connectivity index (χ2v) is 6.68. The Bertz CT molecular complexity index is 634. The van der Waals surface area contributed by atoms with Gasteiger partial charge in [-0.1, -0.05) is 6.07 Å². The number of anilines is 1. The Morgan fingerprint density at radius 1 is 1.48 bits per heavy atom. The SMILES string of the molecule is CC(=O)N1CCc2ccc(S(=O)(=O)N[C@@H](C)CN)cc21.Cl. The van der Waals surface area contributed by atoms with Crippen LogP contribution in [0.1, 0.15) is 19.4 Å². The zero-order valence-electron chi connectivity index (χ0n) is 12.0. The summed E-state index contributed by atoms with van der Waals surface area (Å²) in [6, 6.07) is 4.54. The minimum atomic E-state index is -3.61. The Labute approximate surface area is 131 Å². The Morgan fingerprint density at radius 3 is 2.71 bits per heavy atom. The van der Waals surface area contributed by atoms with E-state index >= 15 is 0 Å². The second-order valence-electron chi connectivity index (χ2n) is 4.97. The van der Waals surface area contributed by atoms with Gasteiger partial charge in [-0.15, -0.1) is 12.4 Å². The van der Waals surface area contributed by atoms with Crippen LogP contribution in [0.15, 0.2) is 23.1 Å². The molecule has 0 bridgehead atoms. The standard InChI is InChI=1S/C13H19N3O3S.ClH/c1-9(8-14)15-20(18,19)12-4-3-11-5-6-16(10(2)17)13(11)7-12;/h3-4,7,9,15H,5-6,8,14H2,1-2H3;1H/t9-;/m0./s1. The molecule has 0 spiro atoms. The maximum atomic E-state index is 12.2. The summed E-state index contributed by atoms with van der Waals surface area (Å²) >= 11 is 0. The first-order valence-electron chi connectivity index (χ1n) is 6.48. The number of halogens is 1. The molecular formula is C13H20ClN3O3S. The van der Waals surface area contributed by atoms with Gasteiger partial charge in [0.05, 0.1) is 4.90 Å². The van der Waals surface area contributed by atoms with Crippen molar-refractivity contribution >= 4 is 34.0 Å². The van der Waals surface area contributed by atoms with Gasteiger partial charge in [0.2, 0.25) is 15.9 Å².